The van der Waals surface area contributed by atoms with Gasteiger partial charge in [0.25, 0.3) is 0 Å². The summed E-state index contributed by atoms with van der Waals surface area (Å²) < 4.78 is 6.96. The number of aromatic nitrogens is 2. The monoisotopic (exact) mass is 299 g/mol. The molecule has 0 saturated heterocycles. The van der Waals surface area contributed by atoms with E-state index in [1.165, 1.54) is 0 Å². The minimum atomic E-state index is 0.143. The van der Waals surface area contributed by atoms with E-state index < -0.39 is 0 Å². The first kappa shape index (κ1) is 14.2. The molecule has 19 heavy (non-hydrogen) atoms. The highest BCUT2D eigenvalue weighted by molar-refractivity contribution is 6.34. The Bertz CT molecular complexity index is 557. The molecule has 0 aliphatic rings. The Morgan fingerprint density at radius 2 is 2.21 bits per heavy atom. The highest BCUT2D eigenvalue weighted by atomic mass is 35.5. The van der Waals surface area contributed by atoms with Gasteiger partial charge in [0.2, 0.25) is 5.95 Å². The molecule has 1 atom stereocenters. The van der Waals surface area contributed by atoms with Crippen LogP contribution in [0.1, 0.15) is 6.92 Å². The maximum atomic E-state index is 6.20. The molecule has 0 fully saturated rings. The number of nitrogens with one attached hydrogen (secondary N) is 1. The van der Waals surface area contributed by atoms with Gasteiger partial charge in [-0.3, -0.25) is 4.57 Å². The second kappa shape index (κ2) is 6.28. The number of methoxy groups -OCH3 is 1. The molecule has 2 aromatic rings. The van der Waals surface area contributed by atoms with Crippen molar-refractivity contribution in [3.05, 3.63) is 40.6 Å². The van der Waals surface area contributed by atoms with E-state index in [0.717, 1.165) is 5.69 Å². The third kappa shape index (κ3) is 3.41. The molecule has 0 spiro atoms. The van der Waals surface area contributed by atoms with Crippen LogP contribution in [0.15, 0.2) is 30.6 Å². The van der Waals surface area contributed by atoms with E-state index in [0.29, 0.717) is 22.6 Å². The highest BCUT2D eigenvalue weighted by Gasteiger charge is 2.11. The normalized spacial score (nSPS) is 12.4. The number of anilines is 1. The summed E-state index contributed by atoms with van der Waals surface area (Å²) in [4.78, 5) is 4.28. The van der Waals surface area contributed by atoms with Crippen molar-refractivity contribution in [2.45, 2.75) is 13.0 Å². The van der Waals surface area contributed by atoms with Gasteiger partial charge in [-0.1, -0.05) is 23.2 Å². The Hall–Kier alpha value is -1.23. The molecule has 0 saturated carbocycles. The topological polar surface area (TPSA) is 39.1 Å². The number of benzene rings is 1. The van der Waals surface area contributed by atoms with Crippen molar-refractivity contribution in [2.75, 3.05) is 19.0 Å². The van der Waals surface area contributed by atoms with Crippen LogP contribution in [-0.4, -0.2) is 29.3 Å². The molecule has 1 unspecified atom stereocenters. The van der Waals surface area contributed by atoms with E-state index in [1.54, 1.807) is 31.5 Å². The van der Waals surface area contributed by atoms with E-state index in [-0.39, 0.29) is 6.04 Å². The molecule has 4 nitrogen and oxygen atoms in total. The molecule has 1 N–H and O–H groups in total. The van der Waals surface area contributed by atoms with Crippen LogP contribution in [0, 0.1) is 0 Å². The predicted octanol–water partition coefficient (Wildman–Crippen LogP) is 3.63. The first-order chi connectivity index (χ1) is 9.11. The fourth-order valence-electron chi connectivity index (χ4n) is 1.79. The second-order valence-corrected chi connectivity index (χ2v) is 5.06. The standard InChI is InChI=1S/C13H15Cl2N3O/c1-9(8-19-2)17-13-16-5-6-18(13)12-7-10(14)3-4-11(12)15/h3-7,9H,8H2,1-2H3,(H,16,17). The highest BCUT2D eigenvalue weighted by Crippen LogP contribution is 2.26. The quantitative estimate of drug-likeness (QED) is 0.916. The van der Waals surface area contributed by atoms with E-state index in [4.69, 9.17) is 27.9 Å². The van der Waals surface area contributed by atoms with Gasteiger partial charge in [0, 0.05) is 30.6 Å². The van der Waals surface area contributed by atoms with Crippen LogP contribution in [0.25, 0.3) is 5.69 Å². The zero-order valence-electron chi connectivity index (χ0n) is 10.7. The number of nitrogens with zero attached hydrogens (tertiary/aromatic N) is 2. The lowest BCUT2D eigenvalue weighted by atomic mass is 10.3. The van der Waals surface area contributed by atoms with Gasteiger partial charge in [-0.2, -0.15) is 0 Å². The molecule has 2 rings (SSSR count). The van der Waals surface area contributed by atoms with Gasteiger partial charge in [0.1, 0.15) is 0 Å². The number of hydrogen-bond acceptors (Lipinski definition) is 3. The number of imidazole rings is 1. The minimum Gasteiger partial charge on any atom is -0.383 e. The number of halogens is 2. The van der Waals surface area contributed by atoms with Crippen molar-refractivity contribution in [3.63, 3.8) is 0 Å². The maximum absolute atomic E-state index is 6.20. The first-order valence-corrected chi connectivity index (χ1v) is 6.61. The van der Waals surface area contributed by atoms with Crippen LogP contribution in [0.5, 0.6) is 0 Å². The minimum absolute atomic E-state index is 0.143. The van der Waals surface area contributed by atoms with Crippen LogP contribution in [0.4, 0.5) is 5.95 Å². The molecule has 1 aromatic heterocycles. The van der Waals surface area contributed by atoms with Crippen molar-refractivity contribution >= 4 is 29.2 Å². The summed E-state index contributed by atoms with van der Waals surface area (Å²) in [5, 5.41) is 4.51. The fourth-order valence-corrected chi connectivity index (χ4v) is 2.16. The average molecular weight is 300 g/mol. The fraction of sp³-hybridized carbons (Fsp3) is 0.308. The maximum Gasteiger partial charge on any atom is 0.207 e. The Morgan fingerprint density at radius 3 is 2.95 bits per heavy atom. The van der Waals surface area contributed by atoms with Gasteiger partial charge >= 0.3 is 0 Å². The SMILES string of the molecule is COCC(C)Nc1nccn1-c1cc(Cl)ccc1Cl. The molecule has 0 aliphatic carbocycles. The summed E-state index contributed by atoms with van der Waals surface area (Å²) in [5.74, 6) is 0.703. The Kier molecular flexibility index (Phi) is 4.69. The molecule has 0 amide bonds. The summed E-state index contributed by atoms with van der Waals surface area (Å²) in [5.41, 5.74) is 0.791. The van der Waals surface area contributed by atoms with E-state index in [9.17, 15) is 0 Å². The summed E-state index contributed by atoms with van der Waals surface area (Å²) in [6.45, 7) is 2.61. The lowest BCUT2D eigenvalue weighted by Crippen LogP contribution is -2.22. The van der Waals surface area contributed by atoms with Gasteiger partial charge < -0.3 is 10.1 Å². The molecular weight excluding hydrogens is 285 g/mol. The Balaban J connectivity index is 2.31. The van der Waals surface area contributed by atoms with Crippen LogP contribution >= 0.6 is 23.2 Å². The van der Waals surface area contributed by atoms with Crippen molar-refractivity contribution < 1.29 is 4.74 Å². The molecule has 0 bridgehead atoms. The van der Waals surface area contributed by atoms with E-state index in [1.807, 2.05) is 17.7 Å². The van der Waals surface area contributed by atoms with Gasteiger partial charge in [-0.15, -0.1) is 0 Å². The molecule has 1 heterocycles. The number of hydrogen-bond donors (Lipinski definition) is 1. The van der Waals surface area contributed by atoms with Gasteiger partial charge in [-0.25, -0.2) is 4.98 Å². The molecule has 6 heteroatoms. The second-order valence-electron chi connectivity index (χ2n) is 4.22. The van der Waals surface area contributed by atoms with Gasteiger partial charge in [0.15, 0.2) is 0 Å². The Morgan fingerprint density at radius 1 is 1.42 bits per heavy atom. The molecule has 102 valence electrons. The Labute approximate surface area is 122 Å². The largest absolute Gasteiger partial charge is 0.383 e. The van der Waals surface area contributed by atoms with Crippen LogP contribution < -0.4 is 5.32 Å². The van der Waals surface area contributed by atoms with Crippen molar-refractivity contribution in [2.24, 2.45) is 0 Å². The third-order valence-corrected chi connectivity index (χ3v) is 3.16. The summed E-state index contributed by atoms with van der Waals surface area (Å²) >= 11 is 12.2. The smallest absolute Gasteiger partial charge is 0.207 e. The van der Waals surface area contributed by atoms with Crippen LogP contribution in [-0.2, 0) is 4.74 Å². The average Bonchev–Trinajstić information content (AvgIpc) is 2.80. The first-order valence-electron chi connectivity index (χ1n) is 5.86. The molecule has 1 aromatic carbocycles. The molecular formula is C13H15Cl2N3O. The summed E-state index contributed by atoms with van der Waals surface area (Å²) in [6, 6.07) is 5.47. The van der Waals surface area contributed by atoms with Crippen LogP contribution in [0.2, 0.25) is 10.0 Å². The van der Waals surface area contributed by atoms with E-state index >= 15 is 0 Å². The van der Waals surface area contributed by atoms with Gasteiger partial charge in [-0.05, 0) is 25.1 Å². The third-order valence-electron chi connectivity index (χ3n) is 2.60. The van der Waals surface area contributed by atoms with E-state index in [2.05, 4.69) is 10.3 Å². The summed E-state index contributed by atoms with van der Waals surface area (Å²) in [6.07, 6.45) is 3.54. The zero-order chi connectivity index (χ0) is 13.8. The van der Waals surface area contributed by atoms with Crippen molar-refractivity contribution in [1.82, 2.24) is 9.55 Å². The van der Waals surface area contributed by atoms with Crippen LogP contribution in [0.3, 0.4) is 0 Å². The predicted molar refractivity (Wildman–Crippen MR) is 78.5 cm³/mol. The lowest BCUT2D eigenvalue weighted by molar-refractivity contribution is 0.190. The zero-order valence-corrected chi connectivity index (χ0v) is 12.2. The lowest BCUT2D eigenvalue weighted by Gasteiger charge is -2.16. The summed E-state index contributed by atoms with van der Waals surface area (Å²) in [7, 11) is 1.67. The molecule has 0 radical (unpaired) electrons. The van der Waals surface area contributed by atoms with Crippen molar-refractivity contribution in [3.8, 4) is 5.69 Å². The number of ether oxygens (including phenoxy) is 1. The van der Waals surface area contributed by atoms with Crippen molar-refractivity contribution in [1.29, 1.82) is 0 Å². The number of rotatable bonds is 5. The molecule has 0 aliphatic heterocycles. The van der Waals surface area contributed by atoms with Gasteiger partial charge in [0.05, 0.1) is 17.3 Å².